The number of hydrogen-bond acceptors (Lipinski definition) is 8. The van der Waals surface area contributed by atoms with Gasteiger partial charge in [0.2, 0.25) is 0 Å². The number of aryl methyl sites for hydroxylation is 1. The van der Waals surface area contributed by atoms with E-state index in [2.05, 4.69) is 15.2 Å². The first-order chi connectivity index (χ1) is 18.7. The number of carbonyl (C=O) groups is 2. The molecule has 11 heteroatoms. The number of methoxy groups -OCH3 is 1. The van der Waals surface area contributed by atoms with Crippen LogP contribution in [0.25, 0.3) is 10.9 Å². The number of carboxylic acids is 2. The second kappa shape index (κ2) is 14.4. The summed E-state index contributed by atoms with van der Waals surface area (Å²) >= 11 is 0. The Morgan fingerprint density at radius 1 is 1.15 bits per heavy atom. The van der Waals surface area contributed by atoms with Crippen LogP contribution in [0.5, 0.6) is 11.5 Å². The van der Waals surface area contributed by atoms with Crippen LogP contribution in [-0.2, 0) is 9.59 Å². The van der Waals surface area contributed by atoms with Crippen LogP contribution < -0.4 is 14.8 Å². The maximum atomic E-state index is 13.8. The van der Waals surface area contributed by atoms with Crippen LogP contribution in [-0.4, -0.2) is 83.1 Å². The van der Waals surface area contributed by atoms with Crippen LogP contribution in [0, 0.1) is 12.7 Å². The molecule has 2 heterocycles. The number of β-amino-alcohol motifs (C(OH)–C–C–N with tert-alkyl or cyclic N) is 1. The van der Waals surface area contributed by atoms with Gasteiger partial charge >= 0.3 is 11.9 Å². The smallest absolute Gasteiger partial charge is 0.414 e. The number of nitrogens with zero attached hydrogens (tertiary/aromatic N) is 2. The summed E-state index contributed by atoms with van der Waals surface area (Å²) in [5.74, 6) is -2.87. The number of likely N-dealkylation sites (tertiary alicyclic amines) is 1. The van der Waals surface area contributed by atoms with Crippen molar-refractivity contribution in [2.75, 3.05) is 39.9 Å². The van der Waals surface area contributed by atoms with Crippen molar-refractivity contribution in [1.82, 2.24) is 15.2 Å². The summed E-state index contributed by atoms with van der Waals surface area (Å²) in [4.78, 5) is 24.9. The van der Waals surface area contributed by atoms with E-state index in [4.69, 9.17) is 29.3 Å². The second-order valence-electron chi connectivity index (χ2n) is 9.17. The van der Waals surface area contributed by atoms with E-state index in [0.717, 1.165) is 53.7 Å². The minimum Gasteiger partial charge on any atom is -0.497 e. The van der Waals surface area contributed by atoms with Gasteiger partial charge in [0.15, 0.2) is 11.6 Å². The second-order valence-corrected chi connectivity index (χ2v) is 9.17. The van der Waals surface area contributed by atoms with Crippen LogP contribution in [0.3, 0.4) is 0 Å². The molecule has 210 valence electrons. The fourth-order valence-electron chi connectivity index (χ4n) is 4.44. The van der Waals surface area contributed by atoms with Gasteiger partial charge in [-0.1, -0.05) is 12.1 Å². The first-order valence-electron chi connectivity index (χ1n) is 12.6. The van der Waals surface area contributed by atoms with Gasteiger partial charge in [-0.2, -0.15) is 0 Å². The standard InChI is InChI=1S/C26H32FN3O3.C2H2O4/c1-18-4-3-5-23(27)26(18)33-15-12-28-19-9-13-30(14-10-19)17-25(31)21-8-11-29-24-7-6-20(32-2)16-22(21)24;3-1(4)2(5)6/h3-8,11,16,19,25,28,31H,9-10,12-15,17H2,1-2H3;(H,3,4)(H,5,6)/t25-;/m0./s1. The lowest BCUT2D eigenvalue weighted by Gasteiger charge is -2.33. The molecule has 0 unspecified atom stereocenters. The normalized spacial score (nSPS) is 14.8. The number of rotatable bonds is 9. The lowest BCUT2D eigenvalue weighted by Crippen LogP contribution is -2.44. The van der Waals surface area contributed by atoms with Gasteiger partial charge in [-0.05, 0) is 74.3 Å². The zero-order chi connectivity index (χ0) is 28.4. The quantitative estimate of drug-likeness (QED) is 0.235. The van der Waals surface area contributed by atoms with Gasteiger partial charge in [-0.3, -0.25) is 4.98 Å². The van der Waals surface area contributed by atoms with Crippen molar-refractivity contribution < 1.29 is 38.8 Å². The molecule has 0 saturated carbocycles. The minimum atomic E-state index is -1.82. The molecule has 0 bridgehead atoms. The van der Waals surface area contributed by atoms with E-state index < -0.39 is 18.0 Å². The van der Waals surface area contributed by atoms with Gasteiger partial charge in [0.05, 0.1) is 18.7 Å². The first kappa shape index (κ1) is 29.8. The number of hydrogen-bond donors (Lipinski definition) is 4. The molecule has 1 atom stereocenters. The Morgan fingerprint density at radius 3 is 2.51 bits per heavy atom. The number of ether oxygens (including phenoxy) is 2. The lowest BCUT2D eigenvalue weighted by molar-refractivity contribution is -0.159. The van der Waals surface area contributed by atoms with Crippen molar-refractivity contribution in [3.63, 3.8) is 0 Å². The monoisotopic (exact) mass is 543 g/mol. The third kappa shape index (κ3) is 8.60. The predicted octanol–water partition coefficient (Wildman–Crippen LogP) is 3.01. The highest BCUT2D eigenvalue weighted by Gasteiger charge is 2.22. The number of carboxylic acid groups (broad SMARTS) is 2. The molecule has 1 aromatic heterocycles. The van der Waals surface area contributed by atoms with Crippen molar-refractivity contribution in [3.8, 4) is 11.5 Å². The van der Waals surface area contributed by atoms with Crippen molar-refractivity contribution in [3.05, 3.63) is 65.6 Å². The Kier molecular flexibility index (Phi) is 11.0. The van der Waals surface area contributed by atoms with Crippen LogP contribution in [0.1, 0.15) is 30.1 Å². The summed E-state index contributed by atoms with van der Waals surface area (Å²) in [6.45, 7) is 5.35. The fourth-order valence-corrected chi connectivity index (χ4v) is 4.44. The van der Waals surface area contributed by atoms with E-state index in [-0.39, 0.29) is 5.82 Å². The molecule has 0 spiro atoms. The lowest BCUT2D eigenvalue weighted by atomic mass is 10.0. The number of halogens is 1. The molecule has 39 heavy (non-hydrogen) atoms. The Bertz CT molecular complexity index is 1230. The number of aliphatic hydroxyl groups excluding tert-OH is 1. The Morgan fingerprint density at radius 2 is 1.87 bits per heavy atom. The summed E-state index contributed by atoms with van der Waals surface area (Å²) in [5.41, 5.74) is 2.53. The number of aromatic nitrogens is 1. The van der Waals surface area contributed by atoms with E-state index >= 15 is 0 Å². The molecule has 4 N–H and O–H groups in total. The average molecular weight is 544 g/mol. The van der Waals surface area contributed by atoms with Gasteiger partial charge in [0, 0.05) is 30.7 Å². The average Bonchev–Trinajstić information content (AvgIpc) is 2.92. The molecule has 1 aliphatic rings. The molecule has 0 aliphatic carbocycles. The number of fused-ring (bicyclic) bond motifs is 1. The predicted molar refractivity (Wildman–Crippen MR) is 143 cm³/mol. The highest BCUT2D eigenvalue weighted by Crippen LogP contribution is 2.28. The number of benzene rings is 2. The topological polar surface area (TPSA) is 141 Å². The number of piperidine rings is 1. The Labute approximate surface area is 226 Å². The fraction of sp³-hybridized carbons (Fsp3) is 0.393. The van der Waals surface area contributed by atoms with Gasteiger partial charge < -0.3 is 35.0 Å². The first-order valence-corrected chi connectivity index (χ1v) is 12.6. The van der Waals surface area contributed by atoms with Crippen LogP contribution >= 0.6 is 0 Å². The molecule has 10 nitrogen and oxygen atoms in total. The number of aliphatic hydroxyl groups is 1. The minimum absolute atomic E-state index is 0.317. The maximum Gasteiger partial charge on any atom is 0.414 e. The van der Waals surface area contributed by atoms with E-state index in [1.54, 1.807) is 19.4 Å². The van der Waals surface area contributed by atoms with Crippen LogP contribution in [0.4, 0.5) is 4.39 Å². The molecule has 1 fully saturated rings. The molecule has 1 aliphatic heterocycles. The number of nitrogens with one attached hydrogen (secondary N) is 1. The number of para-hydroxylation sites is 1. The van der Waals surface area contributed by atoms with E-state index in [9.17, 15) is 9.50 Å². The van der Waals surface area contributed by atoms with Crippen LogP contribution in [0.15, 0.2) is 48.7 Å². The summed E-state index contributed by atoms with van der Waals surface area (Å²) < 4.78 is 24.8. The van der Waals surface area contributed by atoms with E-state index in [1.165, 1.54) is 6.07 Å². The van der Waals surface area contributed by atoms with Crippen molar-refractivity contribution in [2.24, 2.45) is 0 Å². The molecule has 4 rings (SSSR count). The molecule has 2 aromatic carbocycles. The zero-order valence-corrected chi connectivity index (χ0v) is 22.0. The summed E-state index contributed by atoms with van der Waals surface area (Å²) in [6, 6.07) is 13.0. The van der Waals surface area contributed by atoms with Gasteiger partial charge in [0.1, 0.15) is 12.4 Å². The van der Waals surface area contributed by atoms with E-state index in [1.807, 2.05) is 37.3 Å². The third-order valence-electron chi connectivity index (χ3n) is 6.49. The largest absolute Gasteiger partial charge is 0.497 e. The van der Waals surface area contributed by atoms with Gasteiger partial charge in [0.25, 0.3) is 0 Å². The number of aliphatic carboxylic acids is 2. The SMILES string of the molecule is COc1ccc2nccc([C@@H](O)CN3CCC(NCCOc4c(C)cccc4F)CC3)c2c1.O=C(O)C(=O)O. The summed E-state index contributed by atoms with van der Waals surface area (Å²) in [7, 11) is 1.64. The molecular formula is C28H34FN3O7. The molecule has 0 amide bonds. The van der Waals surface area contributed by atoms with Crippen molar-refractivity contribution in [2.45, 2.75) is 31.9 Å². The summed E-state index contributed by atoms with van der Waals surface area (Å²) in [6.07, 6.45) is 3.14. The Balaban J connectivity index is 0.000000631. The van der Waals surface area contributed by atoms with Crippen molar-refractivity contribution >= 4 is 22.8 Å². The highest BCUT2D eigenvalue weighted by atomic mass is 19.1. The molecule has 1 saturated heterocycles. The summed E-state index contributed by atoms with van der Waals surface area (Å²) in [5, 5.41) is 30.2. The number of pyridine rings is 1. The van der Waals surface area contributed by atoms with E-state index in [0.29, 0.717) is 31.5 Å². The maximum absolute atomic E-state index is 13.8. The third-order valence-corrected chi connectivity index (χ3v) is 6.49. The van der Waals surface area contributed by atoms with Crippen LogP contribution in [0.2, 0.25) is 0 Å². The van der Waals surface area contributed by atoms with Crippen molar-refractivity contribution in [1.29, 1.82) is 0 Å². The highest BCUT2D eigenvalue weighted by molar-refractivity contribution is 6.27. The molecule has 3 aromatic rings. The molecular weight excluding hydrogens is 509 g/mol. The zero-order valence-electron chi connectivity index (χ0n) is 22.0. The van der Waals surface area contributed by atoms with Gasteiger partial charge in [-0.25, -0.2) is 14.0 Å². The Hall–Kier alpha value is -3.80. The van der Waals surface area contributed by atoms with Gasteiger partial charge in [-0.15, -0.1) is 0 Å². The molecule has 0 radical (unpaired) electrons.